The summed E-state index contributed by atoms with van der Waals surface area (Å²) in [7, 11) is -5.82. The first-order valence-electron chi connectivity index (χ1n) is 17.1. The number of alkyl halides is 3. The molecular formula is C35H32CuF3N12O6S. The number of H-pyrrole nitrogens is 1. The molecule has 2 aliphatic heterocycles. The maximum atomic E-state index is 12.8. The zero-order valence-corrected chi connectivity index (χ0v) is 32.2. The van der Waals surface area contributed by atoms with Gasteiger partial charge in [-0.3, -0.25) is 0 Å². The van der Waals surface area contributed by atoms with Crippen molar-refractivity contribution in [3.63, 3.8) is 0 Å². The number of imidazole rings is 1. The van der Waals surface area contributed by atoms with Crippen LogP contribution in [-0.4, -0.2) is 77.2 Å². The maximum absolute atomic E-state index is 12.8. The molecule has 2 aromatic heterocycles. The van der Waals surface area contributed by atoms with Crippen molar-refractivity contribution in [3.05, 3.63) is 81.0 Å². The molecule has 0 amide bonds. The Balaban J connectivity index is 0.000000253. The third kappa shape index (κ3) is 9.92. The maximum Gasteiger partial charge on any atom is 1.00 e. The van der Waals surface area contributed by atoms with Crippen LogP contribution in [-0.2, 0) is 39.9 Å². The van der Waals surface area contributed by atoms with Crippen LogP contribution in [0.15, 0.2) is 62.9 Å². The number of aromatic amines is 1. The molecule has 2 aromatic carbocycles. The predicted octanol–water partition coefficient (Wildman–Crippen LogP) is 7.86. The summed E-state index contributed by atoms with van der Waals surface area (Å²) in [5.74, 6) is -2.48. The summed E-state index contributed by atoms with van der Waals surface area (Å²) in [5.41, 5.74) is -2.96. The van der Waals surface area contributed by atoms with E-state index in [9.17, 15) is 36.3 Å². The number of sulfonamides is 1. The number of nitriles is 2. The molecule has 0 atom stereocenters. The van der Waals surface area contributed by atoms with Gasteiger partial charge in [-0.1, -0.05) is 17.8 Å². The van der Waals surface area contributed by atoms with Crippen LogP contribution >= 0.6 is 0 Å². The average Bonchev–Trinajstić information content (AvgIpc) is 3.59. The number of aromatic carboxylic acids is 2. The smallest absolute Gasteiger partial charge is 0.568 e. The summed E-state index contributed by atoms with van der Waals surface area (Å²) in [4.78, 5) is 37.1. The van der Waals surface area contributed by atoms with Gasteiger partial charge < -0.3 is 29.7 Å². The molecule has 0 unspecified atom stereocenters. The molecule has 18 nitrogen and oxygen atoms in total. The molecule has 2 aliphatic rings. The summed E-state index contributed by atoms with van der Waals surface area (Å²) < 4.78 is 64.4. The molecule has 0 fully saturated rings. The number of aromatic nitrogens is 3. The van der Waals surface area contributed by atoms with E-state index in [2.05, 4.69) is 45.0 Å². The number of hydrogen-bond acceptors (Lipinski definition) is 14. The van der Waals surface area contributed by atoms with Crippen LogP contribution in [0, 0.1) is 22.7 Å². The largest absolute Gasteiger partial charge is 1.00 e. The van der Waals surface area contributed by atoms with Crippen molar-refractivity contribution in [1.82, 2.24) is 15.0 Å². The summed E-state index contributed by atoms with van der Waals surface area (Å²) in [5, 5.41) is 52.1. The van der Waals surface area contributed by atoms with E-state index in [1.54, 1.807) is 17.0 Å². The molecule has 58 heavy (non-hydrogen) atoms. The van der Waals surface area contributed by atoms with Crippen molar-refractivity contribution in [3.8, 4) is 12.1 Å². The van der Waals surface area contributed by atoms with Gasteiger partial charge in [-0.2, -0.15) is 33.8 Å². The van der Waals surface area contributed by atoms with E-state index in [0.29, 0.717) is 25.2 Å². The Labute approximate surface area is 339 Å². The number of pyridine rings is 1. The predicted molar refractivity (Wildman–Crippen MR) is 198 cm³/mol. The first-order chi connectivity index (χ1) is 27.1. The van der Waals surface area contributed by atoms with Gasteiger partial charge in [0, 0.05) is 37.6 Å². The molecular weight excluding hydrogens is 837 g/mol. The van der Waals surface area contributed by atoms with Crippen LogP contribution in [0.1, 0.15) is 70.1 Å². The number of carboxylic acids is 2. The number of azo groups is 2. The Kier molecular flexibility index (Phi) is 14.3. The number of anilines is 2. The number of benzene rings is 2. The molecule has 0 bridgehead atoms. The molecule has 0 saturated heterocycles. The Morgan fingerprint density at radius 3 is 2.24 bits per heavy atom. The first-order valence-corrected chi connectivity index (χ1v) is 18.6. The van der Waals surface area contributed by atoms with Gasteiger partial charge in [0.1, 0.15) is 17.8 Å². The van der Waals surface area contributed by atoms with Gasteiger partial charge >= 0.3 is 34.5 Å². The average molecular weight is 869 g/mol. The second-order valence-corrected chi connectivity index (χ2v) is 13.8. The monoisotopic (exact) mass is 868 g/mol. The Morgan fingerprint density at radius 1 is 0.948 bits per heavy atom. The molecule has 0 saturated carbocycles. The van der Waals surface area contributed by atoms with E-state index in [1.807, 2.05) is 19.9 Å². The molecule has 0 spiro atoms. The number of carboxylic acid groups (broad SMARTS) is 2. The fourth-order valence-electron chi connectivity index (χ4n) is 6.17. The normalized spacial score (nSPS) is 13.4. The van der Waals surface area contributed by atoms with E-state index in [4.69, 9.17) is 15.6 Å². The van der Waals surface area contributed by atoms with Gasteiger partial charge in [-0.15, -0.1) is 15.3 Å². The third-order valence-electron chi connectivity index (χ3n) is 8.69. The minimum absolute atomic E-state index is 0. The summed E-state index contributed by atoms with van der Waals surface area (Å²) in [6.07, 6.45) is 3.49. The number of rotatable bonds is 11. The second-order valence-electron chi connectivity index (χ2n) is 12.2. The molecule has 23 heteroatoms. The summed E-state index contributed by atoms with van der Waals surface area (Å²) in [6, 6.07) is 13.3. The molecule has 3 N–H and O–H groups in total. The number of aryl methyl sites for hydroxylation is 1. The number of nitrogens with zero attached hydrogens (tertiary/aromatic N) is 11. The van der Waals surface area contributed by atoms with Crippen molar-refractivity contribution in [1.29, 1.82) is 10.5 Å². The van der Waals surface area contributed by atoms with Crippen LogP contribution < -0.4 is 9.80 Å². The van der Waals surface area contributed by atoms with E-state index in [-0.39, 0.29) is 62.9 Å². The second kappa shape index (κ2) is 18.7. The SMILES string of the molecule is CCN(CC)c1ccc(N=Nc2cccc(C(=O)O)n2)c([N-]S(=O)(=O)C(F)(F)F)c1.N#Cc1nc(N=Nc2cc3c4c(c2C(=O)O)CCCN4CCC3)[nH]c1C#N.[Cu+]. The van der Waals surface area contributed by atoms with Gasteiger partial charge in [0.15, 0.2) is 32.9 Å². The number of hydrogen-bond donors (Lipinski definition) is 3. The van der Waals surface area contributed by atoms with Gasteiger partial charge in [-0.05, 0) is 81.0 Å². The zero-order valence-electron chi connectivity index (χ0n) is 30.5. The van der Waals surface area contributed by atoms with Crippen LogP contribution in [0.2, 0.25) is 0 Å². The van der Waals surface area contributed by atoms with E-state index in [1.165, 1.54) is 30.3 Å². The van der Waals surface area contributed by atoms with Crippen molar-refractivity contribution in [2.75, 3.05) is 36.0 Å². The number of halogens is 3. The standard InChI is InChI=1S/C18H15N7O2.C17H18F3N5O4S.Cu/c19-8-13-14(9-20)22-18(21-13)24-23-12-7-10-3-1-5-25-6-2-4-11(16(10)25)15(12)17(26)27;1-3-25(4-2)11-8-9-12(14(10-11)24-30(28,29)17(18,19)20)22-23-15-7-5-6-13(21-15)16(26)27;/h7H,1-6H2,(H,21,22)(H,26,27);5-10H,3-4H2,1-2H3,(H2,21,23,24,26,27);/q;;+1/p-1. The minimum Gasteiger partial charge on any atom is -0.568 e. The van der Waals surface area contributed by atoms with Crippen LogP contribution in [0.3, 0.4) is 0 Å². The Morgan fingerprint density at radius 2 is 1.64 bits per heavy atom. The van der Waals surface area contributed by atoms with Crippen molar-refractivity contribution < 1.29 is 58.5 Å². The van der Waals surface area contributed by atoms with Crippen molar-refractivity contribution in [2.45, 2.75) is 45.0 Å². The molecule has 4 aromatic rings. The number of nitrogens with one attached hydrogen (secondary N) is 1. The van der Waals surface area contributed by atoms with E-state index >= 15 is 0 Å². The Hall–Kier alpha value is -6.42. The van der Waals surface area contributed by atoms with Crippen LogP contribution in [0.5, 0.6) is 0 Å². The van der Waals surface area contributed by atoms with E-state index < -0.39 is 33.2 Å². The van der Waals surface area contributed by atoms with Gasteiger partial charge in [0.25, 0.3) is 0 Å². The van der Waals surface area contributed by atoms with Crippen LogP contribution in [0.25, 0.3) is 4.72 Å². The number of carbonyl (C=O) groups is 2. The summed E-state index contributed by atoms with van der Waals surface area (Å²) in [6.45, 7) is 6.58. The quantitative estimate of drug-likeness (QED) is 0.0960. The molecule has 0 radical (unpaired) electrons. The molecule has 6 rings (SSSR count). The van der Waals surface area contributed by atoms with Crippen molar-refractivity contribution in [2.24, 2.45) is 20.5 Å². The van der Waals surface area contributed by atoms with E-state index in [0.717, 1.165) is 55.2 Å². The third-order valence-corrected chi connectivity index (χ3v) is 9.71. The van der Waals surface area contributed by atoms with Gasteiger partial charge in [-0.25, -0.2) is 23.0 Å². The van der Waals surface area contributed by atoms with Gasteiger partial charge in [0.05, 0.1) is 11.3 Å². The molecule has 0 aliphatic carbocycles. The molecule has 306 valence electrons. The van der Waals surface area contributed by atoms with Gasteiger partial charge in [0.2, 0.25) is 5.95 Å². The minimum atomic E-state index is -5.82. The summed E-state index contributed by atoms with van der Waals surface area (Å²) >= 11 is 0. The topological polar surface area (TPSA) is 268 Å². The van der Waals surface area contributed by atoms with Crippen molar-refractivity contribution >= 4 is 62.2 Å². The molecule has 4 heterocycles. The first kappa shape index (κ1) is 44.3. The van der Waals surface area contributed by atoms with Crippen LogP contribution in [0.4, 0.5) is 53.4 Å². The fourth-order valence-corrected chi connectivity index (χ4v) is 6.68. The zero-order chi connectivity index (χ0) is 41.5. The fraction of sp³-hybridized carbons (Fsp3) is 0.314. The Bertz CT molecular complexity index is 2430.